The molecule has 3 heterocycles. The van der Waals surface area contributed by atoms with E-state index >= 15 is 0 Å². The molecule has 1 aromatic carbocycles. The van der Waals surface area contributed by atoms with Crippen LogP contribution in [0.15, 0.2) is 30.3 Å². The lowest BCUT2D eigenvalue weighted by Gasteiger charge is -2.34. The first-order chi connectivity index (χ1) is 13.4. The maximum Gasteiger partial charge on any atom is 0.272 e. The molecule has 2 aliphatic rings. The molecule has 0 N–H and O–H groups in total. The molecule has 1 fully saturated rings. The Labute approximate surface area is 165 Å². The fourth-order valence-electron chi connectivity index (χ4n) is 4.03. The SMILES string of the molecule is CC(=O)N1CCN(C(=O)c2cc(C)nc(N3c4ccccc4CC3C)n2)CC1. The van der Waals surface area contributed by atoms with E-state index in [0.717, 1.165) is 17.8 Å². The Morgan fingerprint density at radius 1 is 1.04 bits per heavy atom. The van der Waals surface area contributed by atoms with Crippen molar-refractivity contribution in [2.45, 2.75) is 33.2 Å². The van der Waals surface area contributed by atoms with Crippen LogP contribution in [0.1, 0.15) is 35.6 Å². The van der Waals surface area contributed by atoms with E-state index < -0.39 is 0 Å². The number of hydrogen-bond donors (Lipinski definition) is 0. The van der Waals surface area contributed by atoms with Crippen LogP contribution >= 0.6 is 0 Å². The smallest absolute Gasteiger partial charge is 0.272 e. The highest BCUT2D eigenvalue weighted by molar-refractivity contribution is 5.93. The van der Waals surface area contributed by atoms with E-state index in [1.165, 1.54) is 5.56 Å². The molecule has 1 saturated heterocycles. The van der Waals surface area contributed by atoms with Gasteiger partial charge in [-0.05, 0) is 38.0 Å². The normalized spacial score (nSPS) is 19.0. The first-order valence-corrected chi connectivity index (χ1v) is 9.71. The maximum atomic E-state index is 13.0. The van der Waals surface area contributed by atoms with Gasteiger partial charge in [0.25, 0.3) is 5.91 Å². The Hall–Kier alpha value is -2.96. The van der Waals surface area contributed by atoms with Gasteiger partial charge in [-0.3, -0.25) is 9.59 Å². The van der Waals surface area contributed by atoms with Crippen LogP contribution in [0.5, 0.6) is 0 Å². The van der Waals surface area contributed by atoms with Gasteiger partial charge in [0, 0.05) is 50.5 Å². The Morgan fingerprint density at radius 3 is 2.43 bits per heavy atom. The molecule has 0 radical (unpaired) electrons. The van der Waals surface area contributed by atoms with Gasteiger partial charge < -0.3 is 14.7 Å². The second-order valence-electron chi connectivity index (χ2n) is 7.54. The number of hydrogen-bond acceptors (Lipinski definition) is 5. The Kier molecular flexibility index (Phi) is 4.75. The molecule has 28 heavy (non-hydrogen) atoms. The van der Waals surface area contributed by atoms with Crippen LogP contribution in [0.3, 0.4) is 0 Å². The topological polar surface area (TPSA) is 69.6 Å². The minimum Gasteiger partial charge on any atom is -0.339 e. The van der Waals surface area contributed by atoms with E-state index in [1.807, 2.05) is 19.1 Å². The zero-order chi connectivity index (χ0) is 19.8. The summed E-state index contributed by atoms with van der Waals surface area (Å²) in [5.74, 6) is 0.521. The summed E-state index contributed by atoms with van der Waals surface area (Å²) in [5, 5.41) is 0. The summed E-state index contributed by atoms with van der Waals surface area (Å²) in [4.78, 5) is 39.5. The minimum atomic E-state index is -0.102. The lowest BCUT2D eigenvalue weighted by Crippen LogP contribution is -2.50. The standard InChI is InChI=1S/C21H25N5O2/c1-14-12-18(20(28)25-10-8-24(9-11-25)16(3)27)23-21(22-14)26-15(2)13-17-6-4-5-7-19(17)26/h4-7,12,15H,8-11,13H2,1-3H3. The quantitative estimate of drug-likeness (QED) is 0.800. The molecule has 1 aromatic heterocycles. The largest absolute Gasteiger partial charge is 0.339 e. The summed E-state index contributed by atoms with van der Waals surface area (Å²) < 4.78 is 0. The fraction of sp³-hybridized carbons (Fsp3) is 0.429. The van der Waals surface area contributed by atoms with E-state index in [1.54, 1.807) is 22.8 Å². The average Bonchev–Trinajstić information content (AvgIpc) is 3.02. The second-order valence-corrected chi connectivity index (χ2v) is 7.54. The number of fused-ring (bicyclic) bond motifs is 1. The lowest BCUT2D eigenvalue weighted by atomic mass is 10.1. The third-order valence-corrected chi connectivity index (χ3v) is 5.50. The van der Waals surface area contributed by atoms with Gasteiger partial charge in [0.2, 0.25) is 11.9 Å². The molecule has 0 saturated carbocycles. The van der Waals surface area contributed by atoms with Crippen LogP contribution in [-0.4, -0.2) is 63.8 Å². The number of anilines is 2. The van der Waals surface area contributed by atoms with Crippen molar-refractivity contribution in [1.82, 2.24) is 19.8 Å². The summed E-state index contributed by atoms with van der Waals surface area (Å²) in [6.07, 6.45) is 0.934. The van der Waals surface area contributed by atoms with Crippen molar-refractivity contribution in [3.63, 3.8) is 0 Å². The van der Waals surface area contributed by atoms with Crippen LogP contribution in [0, 0.1) is 6.92 Å². The highest BCUT2D eigenvalue weighted by Gasteiger charge is 2.30. The van der Waals surface area contributed by atoms with Gasteiger partial charge in [-0.15, -0.1) is 0 Å². The second kappa shape index (κ2) is 7.22. The number of carbonyl (C=O) groups excluding carboxylic acids is 2. The van der Waals surface area contributed by atoms with Gasteiger partial charge in [0.1, 0.15) is 5.69 Å². The molecule has 146 valence electrons. The summed E-state index contributed by atoms with van der Waals surface area (Å²) in [6, 6.07) is 10.2. The van der Waals surface area contributed by atoms with Gasteiger partial charge in [0.05, 0.1) is 0 Å². The van der Waals surface area contributed by atoms with Crippen molar-refractivity contribution in [3.05, 3.63) is 47.3 Å². The first kappa shape index (κ1) is 18.4. The van der Waals surface area contributed by atoms with Gasteiger partial charge in [0.15, 0.2) is 0 Å². The molecule has 2 aromatic rings. The fourth-order valence-corrected chi connectivity index (χ4v) is 4.03. The summed E-state index contributed by atoms with van der Waals surface area (Å²) >= 11 is 0. The third kappa shape index (κ3) is 3.32. The molecule has 7 nitrogen and oxygen atoms in total. The van der Waals surface area contributed by atoms with Crippen molar-refractivity contribution in [1.29, 1.82) is 0 Å². The highest BCUT2D eigenvalue weighted by atomic mass is 16.2. The van der Waals surface area contributed by atoms with Gasteiger partial charge in [-0.2, -0.15) is 0 Å². The van der Waals surface area contributed by atoms with Crippen molar-refractivity contribution in [3.8, 4) is 0 Å². The molecule has 4 rings (SSSR count). The molecule has 7 heteroatoms. The van der Waals surface area contributed by atoms with Crippen LogP contribution in [0.4, 0.5) is 11.6 Å². The van der Waals surface area contributed by atoms with Crippen LogP contribution < -0.4 is 4.90 Å². The Morgan fingerprint density at radius 2 is 1.71 bits per heavy atom. The monoisotopic (exact) mass is 379 g/mol. The van der Waals surface area contributed by atoms with E-state index in [-0.39, 0.29) is 17.9 Å². The number of aromatic nitrogens is 2. The first-order valence-electron chi connectivity index (χ1n) is 9.71. The summed E-state index contributed by atoms with van der Waals surface area (Å²) in [7, 11) is 0. The molecule has 0 aliphatic carbocycles. The van der Waals surface area contributed by atoms with E-state index in [9.17, 15) is 9.59 Å². The predicted molar refractivity (Wildman–Crippen MR) is 107 cm³/mol. The number of benzene rings is 1. The number of rotatable bonds is 2. The zero-order valence-corrected chi connectivity index (χ0v) is 16.6. The van der Waals surface area contributed by atoms with E-state index in [0.29, 0.717) is 37.8 Å². The number of aryl methyl sites for hydroxylation is 1. The van der Waals surface area contributed by atoms with Crippen molar-refractivity contribution in [2.75, 3.05) is 31.1 Å². The number of piperazine rings is 1. The number of nitrogens with zero attached hydrogens (tertiary/aromatic N) is 5. The highest BCUT2D eigenvalue weighted by Crippen LogP contribution is 2.36. The van der Waals surface area contributed by atoms with E-state index in [4.69, 9.17) is 0 Å². The van der Waals surface area contributed by atoms with Crippen molar-refractivity contribution >= 4 is 23.5 Å². The van der Waals surface area contributed by atoms with Gasteiger partial charge in [-0.1, -0.05) is 18.2 Å². The number of amides is 2. The van der Waals surface area contributed by atoms with Crippen LogP contribution in [0.2, 0.25) is 0 Å². The predicted octanol–water partition coefficient (Wildman–Crippen LogP) is 2.17. The molecule has 1 unspecified atom stereocenters. The molecule has 0 spiro atoms. The average molecular weight is 379 g/mol. The molecule has 0 bridgehead atoms. The molecule has 2 aliphatic heterocycles. The molecular weight excluding hydrogens is 354 g/mol. The third-order valence-electron chi connectivity index (χ3n) is 5.50. The molecule has 1 atom stereocenters. The summed E-state index contributed by atoms with van der Waals surface area (Å²) in [6.45, 7) is 7.78. The minimum absolute atomic E-state index is 0.0500. The summed E-state index contributed by atoms with van der Waals surface area (Å²) in [5.41, 5.74) is 3.56. The van der Waals surface area contributed by atoms with Crippen molar-refractivity contribution in [2.24, 2.45) is 0 Å². The van der Waals surface area contributed by atoms with E-state index in [2.05, 4.69) is 33.9 Å². The molecule has 2 amide bonds. The van der Waals surface area contributed by atoms with Crippen LogP contribution in [0.25, 0.3) is 0 Å². The van der Waals surface area contributed by atoms with Gasteiger partial charge in [-0.25, -0.2) is 9.97 Å². The molecular formula is C21H25N5O2. The van der Waals surface area contributed by atoms with Crippen molar-refractivity contribution < 1.29 is 9.59 Å². The maximum absolute atomic E-state index is 13.0. The Balaban J connectivity index is 1.60. The van der Waals surface area contributed by atoms with Crippen LogP contribution in [-0.2, 0) is 11.2 Å². The lowest BCUT2D eigenvalue weighted by molar-refractivity contribution is -0.130. The number of para-hydroxylation sites is 1. The van der Waals surface area contributed by atoms with Gasteiger partial charge >= 0.3 is 0 Å². The Bertz CT molecular complexity index is 921. The number of carbonyl (C=O) groups is 2. The zero-order valence-electron chi connectivity index (χ0n) is 16.6.